The largest absolute Gasteiger partial charge is 0.387 e. The van der Waals surface area contributed by atoms with E-state index in [1.165, 1.54) is 12.0 Å². The van der Waals surface area contributed by atoms with Gasteiger partial charge in [-0.15, -0.1) is 0 Å². The third kappa shape index (κ3) is 3.72. The average molecular weight is 360 g/mol. The van der Waals surface area contributed by atoms with Crippen LogP contribution in [0.4, 0.5) is 0 Å². The summed E-state index contributed by atoms with van der Waals surface area (Å²) in [6.45, 7) is 0.806. The standard InChI is InChI=1S/C15H20O6S2/c16-14(12-7-9-20-22-12)10-3-5-11(6-4-10)15(17)13-2-1-8-21-23(13,18)19/h3-6,12-17H,1-2,7-9H2. The summed E-state index contributed by atoms with van der Waals surface area (Å²) >= 11 is 1.28. The zero-order chi connectivity index (χ0) is 16.4. The van der Waals surface area contributed by atoms with E-state index in [2.05, 4.69) is 0 Å². The molecule has 8 heteroatoms. The van der Waals surface area contributed by atoms with Gasteiger partial charge < -0.3 is 14.4 Å². The molecule has 1 aromatic carbocycles. The van der Waals surface area contributed by atoms with E-state index in [-0.39, 0.29) is 11.9 Å². The first-order valence-corrected chi connectivity index (χ1v) is 9.89. The molecule has 3 rings (SSSR count). The molecule has 0 aliphatic carbocycles. The van der Waals surface area contributed by atoms with Crippen molar-refractivity contribution in [2.24, 2.45) is 0 Å². The highest BCUT2D eigenvalue weighted by atomic mass is 32.2. The van der Waals surface area contributed by atoms with Gasteiger partial charge >= 0.3 is 0 Å². The number of aliphatic hydroxyl groups excluding tert-OH is 2. The van der Waals surface area contributed by atoms with Crippen molar-refractivity contribution >= 4 is 22.2 Å². The van der Waals surface area contributed by atoms with Crippen molar-refractivity contribution in [1.29, 1.82) is 0 Å². The van der Waals surface area contributed by atoms with E-state index in [9.17, 15) is 18.6 Å². The summed E-state index contributed by atoms with van der Waals surface area (Å²) in [5.74, 6) is 0. The minimum absolute atomic E-state index is 0.00195. The van der Waals surface area contributed by atoms with Gasteiger partial charge in [-0.2, -0.15) is 8.42 Å². The smallest absolute Gasteiger partial charge is 0.273 e. The van der Waals surface area contributed by atoms with Gasteiger partial charge in [0, 0.05) is 0 Å². The van der Waals surface area contributed by atoms with Crippen LogP contribution in [0.15, 0.2) is 24.3 Å². The lowest BCUT2D eigenvalue weighted by molar-refractivity contribution is 0.144. The molecule has 2 aliphatic heterocycles. The van der Waals surface area contributed by atoms with Gasteiger partial charge in [-0.25, -0.2) is 0 Å². The number of aliphatic hydroxyl groups is 2. The fraction of sp³-hybridized carbons (Fsp3) is 0.600. The van der Waals surface area contributed by atoms with Gasteiger partial charge in [0.1, 0.15) is 5.25 Å². The quantitative estimate of drug-likeness (QED) is 0.623. The van der Waals surface area contributed by atoms with Gasteiger partial charge in [-0.05, 0) is 42.4 Å². The summed E-state index contributed by atoms with van der Waals surface area (Å²) in [6.07, 6.45) is 0.000165. The Balaban J connectivity index is 1.73. The average Bonchev–Trinajstić information content (AvgIpc) is 3.08. The molecule has 2 heterocycles. The van der Waals surface area contributed by atoms with Crippen molar-refractivity contribution in [3.05, 3.63) is 35.4 Å². The van der Waals surface area contributed by atoms with E-state index in [1.807, 2.05) is 0 Å². The maximum Gasteiger partial charge on any atom is 0.273 e. The van der Waals surface area contributed by atoms with Crippen LogP contribution in [0.25, 0.3) is 0 Å². The Hall–Kier alpha value is -0.640. The molecule has 4 unspecified atom stereocenters. The maximum absolute atomic E-state index is 11.9. The number of hydrogen-bond acceptors (Lipinski definition) is 7. The monoisotopic (exact) mass is 360 g/mol. The van der Waals surface area contributed by atoms with Gasteiger partial charge in [0.05, 0.1) is 30.7 Å². The Labute approximate surface area is 140 Å². The summed E-state index contributed by atoms with van der Waals surface area (Å²) in [6, 6.07) is 6.76. The molecule has 4 atom stereocenters. The molecular formula is C15H20O6S2. The van der Waals surface area contributed by atoms with Gasteiger partial charge in [0.25, 0.3) is 10.1 Å². The topological polar surface area (TPSA) is 93.1 Å². The summed E-state index contributed by atoms with van der Waals surface area (Å²) in [5.41, 5.74) is 1.24. The lowest BCUT2D eigenvalue weighted by atomic mass is 9.98. The van der Waals surface area contributed by atoms with Crippen LogP contribution in [-0.4, -0.2) is 42.3 Å². The van der Waals surface area contributed by atoms with Crippen molar-refractivity contribution in [2.75, 3.05) is 13.2 Å². The van der Waals surface area contributed by atoms with Crippen LogP contribution in [-0.2, 0) is 18.5 Å². The first-order chi connectivity index (χ1) is 11.0. The molecule has 23 heavy (non-hydrogen) atoms. The Morgan fingerprint density at radius 1 is 1.04 bits per heavy atom. The van der Waals surface area contributed by atoms with Crippen LogP contribution < -0.4 is 0 Å². The summed E-state index contributed by atoms with van der Waals surface area (Å²) in [5, 5.41) is 19.7. The Morgan fingerprint density at radius 3 is 2.26 bits per heavy atom. The minimum atomic E-state index is -3.73. The molecule has 2 saturated heterocycles. The lowest BCUT2D eigenvalue weighted by Gasteiger charge is -2.26. The molecule has 0 radical (unpaired) electrons. The van der Waals surface area contributed by atoms with Crippen LogP contribution in [0.5, 0.6) is 0 Å². The van der Waals surface area contributed by atoms with Crippen molar-refractivity contribution in [2.45, 2.75) is 42.0 Å². The fourth-order valence-corrected chi connectivity index (χ4v) is 5.16. The normalized spacial score (nSPS) is 30.0. The van der Waals surface area contributed by atoms with E-state index in [0.29, 0.717) is 25.0 Å². The number of rotatable bonds is 4. The molecule has 2 aliphatic rings. The summed E-state index contributed by atoms with van der Waals surface area (Å²) < 4.78 is 33.8. The zero-order valence-electron chi connectivity index (χ0n) is 12.5. The summed E-state index contributed by atoms with van der Waals surface area (Å²) in [7, 11) is -3.73. The lowest BCUT2D eigenvalue weighted by Crippen LogP contribution is -2.34. The second kappa shape index (κ2) is 7.08. The van der Waals surface area contributed by atoms with Crippen LogP contribution in [0, 0.1) is 0 Å². The fourth-order valence-electron chi connectivity index (χ4n) is 2.89. The Kier molecular flexibility index (Phi) is 5.29. The van der Waals surface area contributed by atoms with Crippen LogP contribution in [0.3, 0.4) is 0 Å². The molecule has 0 saturated carbocycles. The highest BCUT2D eigenvalue weighted by Crippen LogP contribution is 2.35. The summed E-state index contributed by atoms with van der Waals surface area (Å²) in [4.78, 5) is 0. The molecule has 0 bridgehead atoms. The molecule has 0 aromatic heterocycles. The third-order valence-electron chi connectivity index (χ3n) is 4.25. The van der Waals surface area contributed by atoms with Gasteiger partial charge in [-0.1, -0.05) is 24.3 Å². The minimum Gasteiger partial charge on any atom is -0.387 e. The molecule has 6 nitrogen and oxygen atoms in total. The van der Waals surface area contributed by atoms with Gasteiger partial charge in [0.15, 0.2) is 0 Å². The molecule has 2 fully saturated rings. The second-order valence-corrected chi connectivity index (χ2v) is 8.66. The van der Waals surface area contributed by atoms with E-state index in [0.717, 1.165) is 12.0 Å². The first-order valence-electron chi connectivity index (χ1n) is 7.61. The van der Waals surface area contributed by atoms with Crippen LogP contribution in [0.1, 0.15) is 42.6 Å². The highest BCUT2D eigenvalue weighted by molar-refractivity contribution is 7.95. The third-order valence-corrected chi connectivity index (χ3v) is 7.03. The predicted octanol–water partition coefficient (Wildman–Crippen LogP) is 1.70. The molecule has 2 N–H and O–H groups in total. The second-order valence-electron chi connectivity index (χ2n) is 5.80. The van der Waals surface area contributed by atoms with Crippen molar-refractivity contribution in [1.82, 2.24) is 0 Å². The van der Waals surface area contributed by atoms with Crippen LogP contribution in [0.2, 0.25) is 0 Å². The number of benzene rings is 1. The highest BCUT2D eigenvalue weighted by Gasteiger charge is 2.37. The van der Waals surface area contributed by atoms with Crippen molar-refractivity contribution < 1.29 is 27.0 Å². The van der Waals surface area contributed by atoms with Crippen molar-refractivity contribution in [3.63, 3.8) is 0 Å². The first kappa shape index (κ1) is 17.2. The van der Waals surface area contributed by atoms with Crippen molar-refractivity contribution in [3.8, 4) is 0 Å². The van der Waals surface area contributed by atoms with Gasteiger partial charge in [-0.3, -0.25) is 4.18 Å². The van der Waals surface area contributed by atoms with E-state index in [1.54, 1.807) is 24.3 Å². The molecule has 128 valence electrons. The van der Waals surface area contributed by atoms with Crippen LogP contribution >= 0.6 is 12.0 Å². The molecule has 0 amide bonds. The van der Waals surface area contributed by atoms with E-state index in [4.69, 9.17) is 8.37 Å². The zero-order valence-corrected chi connectivity index (χ0v) is 14.1. The van der Waals surface area contributed by atoms with Gasteiger partial charge in [0.2, 0.25) is 0 Å². The SMILES string of the molecule is O=S1(=O)OCCCC1C(O)c1ccc(C(O)C2CCOS2)cc1. The predicted molar refractivity (Wildman–Crippen MR) is 86.2 cm³/mol. The van der Waals surface area contributed by atoms with E-state index >= 15 is 0 Å². The Morgan fingerprint density at radius 2 is 1.70 bits per heavy atom. The Bertz CT molecular complexity index is 624. The molecule has 0 spiro atoms. The molecule has 1 aromatic rings. The number of hydrogen-bond donors (Lipinski definition) is 2. The van der Waals surface area contributed by atoms with E-state index < -0.39 is 27.6 Å². The molecular weight excluding hydrogens is 340 g/mol. The maximum atomic E-state index is 11.9.